The van der Waals surface area contributed by atoms with Crippen LogP contribution >= 0.6 is 24.2 Å². The molecule has 1 unspecified atom stereocenters. The van der Waals surface area contributed by atoms with Gasteiger partial charge < -0.3 is 16.0 Å². The van der Waals surface area contributed by atoms with Gasteiger partial charge in [-0.3, -0.25) is 4.79 Å². The molecule has 0 aromatic heterocycles. The number of anilines is 1. The minimum absolute atomic E-state index is 0. The van der Waals surface area contributed by atoms with Gasteiger partial charge in [-0.25, -0.2) is 0 Å². The van der Waals surface area contributed by atoms with Crippen LogP contribution in [0.2, 0.25) is 0 Å². The molecular weight excluding hydrogens is 306 g/mol. The molecule has 1 amide bonds. The Balaban J connectivity index is 0.00000220. The second kappa shape index (κ2) is 9.18. The van der Waals surface area contributed by atoms with E-state index in [1.165, 1.54) is 5.69 Å². The SMILES string of the molecule is CSCC[C@H](N)C(=O)NC1CCN(c2ccccc2)C1.Cl. The second-order valence-corrected chi connectivity index (χ2v) is 6.15. The minimum Gasteiger partial charge on any atom is -0.369 e. The Morgan fingerprint density at radius 1 is 1.48 bits per heavy atom. The molecule has 1 fully saturated rings. The average Bonchev–Trinajstić information content (AvgIpc) is 2.94. The van der Waals surface area contributed by atoms with Gasteiger partial charge in [0.25, 0.3) is 0 Å². The smallest absolute Gasteiger partial charge is 0.237 e. The van der Waals surface area contributed by atoms with Crippen LogP contribution in [0.15, 0.2) is 30.3 Å². The van der Waals surface area contributed by atoms with E-state index in [9.17, 15) is 4.79 Å². The van der Waals surface area contributed by atoms with Crippen LogP contribution in [0.3, 0.4) is 0 Å². The lowest BCUT2D eigenvalue weighted by molar-refractivity contribution is -0.122. The first-order chi connectivity index (χ1) is 9.70. The molecule has 1 aromatic rings. The molecule has 0 aliphatic carbocycles. The summed E-state index contributed by atoms with van der Waals surface area (Å²) in [7, 11) is 0. The maximum atomic E-state index is 12.0. The Morgan fingerprint density at radius 3 is 2.86 bits per heavy atom. The lowest BCUT2D eigenvalue weighted by atomic mass is 10.2. The molecule has 1 aromatic carbocycles. The highest BCUT2D eigenvalue weighted by atomic mass is 35.5. The van der Waals surface area contributed by atoms with Crippen molar-refractivity contribution in [1.29, 1.82) is 0 Å². The van der Waals surface area contributed by atoms with E-state index >= 15 is 0 Å². The lowest BCUT2D eigenvalue weighted by Crippen LogP contribution is -2.46. The van der Waals surface area contributed by atoms with Gasteiger partial charge in [0, 0.05) is 24.8 Å². The van der Waals surface area contributed by atoms with Crippen LogP contribution in [0.5, 0.6) is 0 Å². The molecule has 1 saturated heterocycles. The van der Waals surface area contributed by atoms with Crippen LogP contribution in [0, 0.1) is 0 Å². The molecule has 0 saturated carbocycles. The Bertz CT molecular complexity index is 432. The summed E-state index contributed by atoms with van der Waals surface area (Å²) in [4.78, 5) is 14.3. The number of benzene rings is 1. The molecule has 6 heteroatoms. The van der Waals surface area contributed by atoms with Crippen molar-refractivity contribution in [3.8, 4) is 0 Å². The summed E-state index contributed by atoms with van der Waals surface area (Å²) >= 11 is 1.72. The number of carbonyl (C=O) groups excluding carboxylic acids is 1. The van der Waals surface area contributed by atoms with Crippen molar-refractivity contribution in [2.45, 2.75) is 24.9 Å². The van der Waals surface area contributed by atoms with E-state index in [0.29, 0.717) is 0 Å². The van der Waals surface area contributed by atoms with Crippen molar-refractivity contribution < 1.29 is 4.79 Å². The second-order valence-electron chi connectivity index (χ2n) is 5.16. The van der Waals surface area contributed by atoms with Gasteiger partial charge in [-0.15, -0.1) is 12.4 Å². The number of hydrogen-bond acceptors (Lipinski definition) is 4. The Hall–Kier alpha value is -0.910. The largest absolute Gasteiger partial charge is 0.369 e. The minimum atomic E-state index is -0.381. The van der Waals surface area contributed by atoms with E-state index in [2.05, 4.69) is 22.3 Å². The molecule has 21 heavy (non-hydrogen) atoms. The molecule has 3 N–H and O–H groups in total. The van der Waals surface area contributed by atoms with E-state index in [1.807, 2.05) is 24.5 Å². The molecule has 4 nitrogen and oxygen atoms in total. The number of rotatable bonds is 6. The van der Waals surface area contributed by atoms with Crippen LogP contribution in [-0.2, 0) is 4.79 Å². The number of halogens is 1. The summed E-state index contributed by atoms with van der Waals surface area (Å²) in [6.45, 7) is 1.85. The molecular formula is C15H24ClN3OS. The number of hydrogen-bond donors (Lipinski definition) is 2. The standard InChI is InChI=1S/C15H23N3OS.ClH/c1-20-10-8-14(16)15(19)17-12-7-9-18(11-12)13-5-3-2-4-6-13;/h2-6,12,14H,7-11,16H2,1H3,(H,17,19);1H/t12?,14-;/m0./s1. The van der Waals surface area contributed by atoms with Crippen LogP contribution < -0.4 is 16.0 Å². The van der Waals surface area contributed by atoms with Gasteiger partial charge in [0.05, 0.1) is 6.04 Å². The predicted octanol–water partition coefficient (Wildman–Crippen LogP) is 1.88. The summed E-state index contributed by atoms with van der Waals surface area (Å²) in [6.07, 6.45) is 3.75. The Kier molecular flexibility index (Phi) is 7.93. The lowest BCUT2D eigenvalue weighted by Gasteiger charge is -2.20. The molecule has 2 rings (SSSR count). The highest BCUT2D eigenvalue weighted by molar-refractivity contribution is 7.98. The predicted molar refractivity (Wildman–Crippen MR) is 93.4 cm³/mol. The highest BCUT2D eigenvalue weighted by Gasteiger charge is 2.25. The number of para-hydroxylation sites is 1. The first-order valence-corrected chi connectivity index (χ1v) is 8.45. The monoisotopic (exact) mass is 329 g/mol. The number of thioether (sulfide) groups is 1. The number of nitrogens with zero attached hydrogens (tertiary/aromatic N) is 1. The first kappa shape index (κ1) is 18.1. The third-order valence-corrected chi connectivity index (χ3v) is 4.27. The van der Waals surface area contributed by atoms with E-state index in [1.54, 1.807) is 11.8 Å². The zero-order chi connectivity index (χ0) is 14.4. The topological polar surface area (TPSA) is 58.4 Å². The van der Waals surface area contributed by atoms with Crippen molar-refractivity contribution in [3.63, 3.8) is 0 Å². The summed E-state index contributed by atoms with van der Waals surface area (Å²) < 4.78 is 0. The van der Waals surface area contributed by atoms with Gasteiger partial charge in [-0.1, -0.05) is 18.2 Å². The van der Waals surface area contributed by atoms with Crippen LogP contribution in [-0.4, -0.2) is 43.1 Å². The Morgan fingerprint density at radius 2 is 2.19 bits per heavy atom. The summed E-state index contributed by atoms with van der Waals surface area (Å²) in [6, 6.07) is 10.1. The fraction of sp³-hybridized carbons (Fsp3) is 0.533. The van der Waals surface area contributed by atoms with Gasteiger partial charge in [0.15, 0.2) is 0 Å². The van der Waals surface area contributed by atoms with Crippen molar-refractivity contribution >= 4 is 35.8 Å². The third kappa shape index (κ3) is 5.41. The zero-order valence-corrected chi connectivity index (χ0v) is 14.0. The van der Waals surface area contributed by atoms with Crippen LogP contribution in [0.25, 0.3) is 0 Å². The van der Waals surface area contributed by atoms with E-state index in [4.69, 9.17) is 5.73 Å². The van der Waals surface area contributed by atoms with Crippen molar-refractivity contribution in [2.75, 3.05) is 30.0 Å². The Labute approximate surface area is 137 Å². The molecule has 1 heterocycles. The van der Waals surface area contributed by atoms with Crippen LogP contribution in [0.1, 0.15) is 12.8 Å². The van der Waals surface area contributed by atoms with Crippen molar-refractivity contribution in [3.05, 3.63) is 30.3 Å². The maximum Gasteiger partial charge on any atom is 0.237 e. The average molecular weight is 330 g/mol. The first-order valence-electron chi connectivity index (χ1n) is 7.05. The zero-order valence-electron chi connectivity index (χ0n) is 12.3. The molecule has 0 spiro atoms. The van der Waals surface area contributed by atoms with E-state index < -0.39 is 0 Å². The molecule has 0 bridgehead atoms. The fourth-order valence-electron chi connectivity index (χ4n) is 2.44. The molecule has 1 aliphatic heterocycles. The molecule has 1 aliphatic rings. The van der Waals surface area contributed by atoms with Crippen molar-refractivity contribution in [1.82, 2.24) is 5.32 Å². The summed E-state index contributed by atoms with van der Waals surface area (Å²) in [5.41, 5.74) is 7.11. The van der Waals surface area contributed by atoms with Crippen LogP contribution in [0.4, 0.5) is 5.69 Å². The van der Waals surface area contributed by atoms with E-state index in [-0.39, 0.29) is 30.4 Å². The number of carbonyl (C=O) groups is 1. The van der Waals surface area contributed by atoms with Crippen molar-refractivity contribution in [2.24, 2.45) is 5.73 Å². The van der Waals surface area contributed by atoms with Gasteiger partial charge in [0.2, 0.25) is 5.91 Å². The highest BCUT2D eigenvalue weighted by Crippen LogP contribution is 2.19. The normalized spacial score (nSPS) is 19.0. The fourth-order valence-corrected chi connectivity index (χ4v) is 2.93. The number of amides is 1. The molecule has 118 valence electrons. The number of nitrogens with one attached hydrogen (secondary N) is 1. The maximum absolute atomic E-state index is 12.0. The van der Waals surface area contributed by atoms with Gasteiger partial charge in [0.1, 0.15) is 0 Å². The quantitative estimate of drug-likeness (QED) is 0.836. The van der Waals surface area contributed by atoms with Gasteiger partial charge in [-0.05, 0) is 37.0 Å². The van der Waals surface area contributed by atoms with Gasteiger partial charge >= 0.3 is 0 Å². The van der Waals surface area contributed by atoms with Gasteiger partial charge in [-0.2, -0.15) is 11.8 Å². The third-order valence-electron chi connectivity index (χ3n) is 3.63. The number of nitrogens with two attached hydrogens (primary N) is 1. The summed E-state index contributed by atoms with van der Waals surface area (Å²) in [5.74, 6) is 0.911. The summed E-state index contributed by atoms with van der Waals surface area (Å²) in [5, 5.41) is 3.07. The molecule has 2 atom stereocenters. The van der Waals surface area contributed by atoms with E-state index in [0.717, 1.165) is 31.7 Å². The molecule has 0 radical (unpaired) electrons.